The highest BCUT2D eigenvalue weighted by Gasteiger charge is 2.33. The maximum atomic E-state index is 13.5. The summed E-state index contributed by atoms with van der Waals surface area (Å²) in [4.78, 5) is 2.50. The number of hydrogen-bond donors (Lipinski definition) is 4. The predicted molar refractivity (Wildman–Crippen MR) is 125 cm³/mol. The molecule has 2 aliphatic rings. The van der Waals surface area contributed by atoms with Gasteiger partial charge in [-0.1, -0.05) is 6.92 Å². The van der Waals surface area contributed by atoms with Crippen molar-refractivity contribution in [2.24, 2.45) is 11.7 Å². The first-order valence-electron chi connectivity index (χ1n) is 10.8. The molecule has 9 heteroatoms. The third-order valence-electron chi connectivity index (χ3n) is 6.13. The van der Waals surface area contributed by atoms with Crippen LogP contribution in [0.25, 0.3) is 0 Å². The molecule has 1 heterocycles. The second-order valence-corrected chi connectivity index (χ2v) is 9.05. The fourth-order valence-electron chi connectivity index (χ4n) is 4.22. The van der Waals surface area contributed by atoms with Crippen molar-refractivity contribution in [3.8, 4) is 6.07 Å². The molecular weight excluding hydrogens is 435 g/mol. The minimum absolute atomic E-state index is 0.0345. The number of nitrogens with two attached hydrogens (primary N) is 1. The van der Waals surface area contributed by atoms with Gasteiger partial charge in [-0.05, 0) is 55.9 Å². The van der Waals surface area contributed by atoms with Gasteiger partial charge in [-0.25, -0.2) is 0 Å². The summed E-state index contributed by atoms with van der Waals surface area (Å²) in [5, 5.41) is 16.0. The van der Waals surface area contributed by atoms with Crippen LogP contribution in [0.2, 0.25) is 0 Å². The van der Waals surface area contributed by atoms with Crippen LogP contribution < -0.4 is 16.4 Å². The maximum absolute atomic E-state index is 13.5. The zero-order valence-electron chi connectivity index (χ0n) is 18.4. The minimum atomic E-state index is -4.46. The third kappa shape index (κ3) is 5.80. The molecule has 0 radical (unpaired) electrons. The minimum Gasteiger partial charge on any atom is -0.380 e. The van der Waals surface area contributed by atoms with Gasteiger partial charge in [-0.3, -0.25) is 0 Å². The highest BCUT2D eigenvalue weighted by Crippen LogP contribution is 2.41. The molecule has 174 valence electrons. The van der Waals surface area contributed by atoms with Gasteiger partial charge in [0, 0.05) is 48.4 Å². The number of allylic oxidation sites excluding steroid dienone is 4. The Labute approximate surface area is 192 Å². The van der Waals surface area contributed by atoms with E-state index < -0.39 is 11.7 Å². The molecule has 1 fully saturated rings. The zero-order valence-corrected chi connectivity index (χ0v) is 19.3. The molecule has 1 atom stereocenters. The Kier molecular flexibility index (Phi) is 7.80. The lowest BCUT2D eigenvalue weighted by Gasteiger charge is -2.33. The summed E-state index contributed by atoms with van der Waals surface area (Å²) in [6.07, 6.45) is -0.374. The smallest absolute Gasteiger partial charge is 0.380 e. The van der Waals surface area contributed by atoms with E-state index in [0.29, 0.717) is 29.9 Å². The first-order chi connectivity index (χ1) is 15.1. The van der Waals surface area contributed by atoms with E-state index in [2.05, 4.69) is 34.2 Å². The van der Waals surface area contributed by atoms with Crippen LogP contribution in [0, 0.1) is 17.2 Å². The van der Waals surface area contributed by atoms with Crippen LogP contribution >= 0.6 is 12.6 Å². The summed E-state index contributed by atoms with van der Waals surface area (Å²) in [6.45, 7) is 6.99. The summed E-state index contributed by atoms with van der Waals surface area (Å²) >= 11 is 4.40. The molecule has 1 saturated heterocycles. The second-order valence-electron chi connectivity index (χ2n) is 8.57. The molecule has 1 aromatic carbocycles. The molecule has 0 bridgehead atoms. The predicted octanol–water partition coefficient (Wildman–Crippen LogP) is 5.00. The average Bonchev–Trinajstić information content (AvgIpc) is 2.73. The summed E-state index contributed by atoms with van der Waals surface area (Å²) < 4.78 is 40.5. The van der Waals surface area contributed by atoms with Crippen molar-refractivity contribution >= 4 is 24.0 Å². The fraction of sp³-hybridized carbons (Fsp3) is 0.522. The molecule has 0 amide bonds. The van der Waals surface area contributed by atoms with Crippen molar-refractivity contribution in [3.63, 3.8) is 0 Å². The Morgan fingerprint density at radius 2 is 1.97 bits per heavy atom. The molecule has 1 aromatic rings. The monoisotopic (exact) mass is 465 g/mol. The number of nitriles is 1. The van der Waals surface area contributed by atoms with Gasteiger partial charge in [0.25, 0.3) is 0 Å². The summed E-state index contributed by atoms with van der Waals surface area (Å²) in [6, 6.07) is 4.49. The van der Waals surface area contributed by atoms with Gasteiger partial charge in [-0.2, -0.15) is 18.4 Å². The van der Waals surface area contributed by atoms with Crippen LogP contribution in [0.1, 0.15) is 38.7 Å². The molecule has 3 rings (SSSR count). The van der Waals surface area contributed by atoms with Gasteiger partial charge in [0.2, 0.25) is 0 Å². The van der Waals surface area contributed by atoms with Crippen molar-refractivity contribution in [1.82, 2.24) is 4.90 Å². The zero-order chi connectivity index (χ0) is 23.5. The topological polar surface area (TPSA) is 77.1 Å². The normalized spacial score (nSPS) is 20.7. The first-order valence-corrected chi connectivity index (χ1v) is 11.3. The molecule has 0 aromatic heterocycles. The van der Waals surface area contributed by atoms with E-state index >= 15 is 0 Å². The summed E-state index contributed by atoms with van der Waals surface area (Å²) in [5.74, 6) is 0.0345. The maximum Gasteiger partial charge on any atom is 0.416 e. The van der Waals surface area contributed by atoms with Gasteiger partial charge in [0.1, 0.15) is 0 Å². The number of halogens is 3. The van der Waals surface area contributed by atoms with E-state index in [9.17, 15) is 18.4 Å². The van der Waals surface area contributed by atoms with Crippen molar-refractivity contribution in [3.05, 3.63) is 40.6 Å². The van der Waals surface area contributed by atoms with Crippen LogP contribution in [-0.4, -0.2) is 37.1 Å². The molecule has 32 heavy (non-hydrogen) atoms. The van der Waals surface area contributed by atoms with E-state index in [1.54, 1.807) is 0 Å². The lowest BCUT2D eigenvalue weighted by Crippen LogP contribution is -2.41. The molecule has 4 N–H and O–H groups in total. The molecular formula is C23H30F3N5S. The van der Waals surface area contributed by atoms with Gasteiger partial charge >= 0.3 is 6.18 Å². The highest BCUT2D eigenvalue weighted by molar-refractivity contribution is 7.80. The van der Waals surface area contributed by atoms with Crippen molar-refractivity contribution in [2.45, 2.75) is 50.2 Å². The fourth-order valence-corrected chi connectivity index (χ4v) is 4.54. The van der Waals surface area contributed by atoms with E-state index in [4.69, 9.17) is 5.73 Å². The Bertz CT molecular complexity index is 940. The molecule has 0 spiro atoms. The first kappa shape index (κ1) is 24.5. The SMILES string of the molecule is CC1=C(Nc2c(S)cc(C(F)(F)F)cc2NC2CCN(CCN)CC2)CC(C)C(C#N)=C1. The van der Waals surface area contributed by atoms with Crippen LogP contribution in [0.5, 0.6) is 0 Å². The lowest BCUT2D eigenvalue weighted by atomic mass is 9.88. The van der Waals surface area contributed by atoms with Crippen LogP contribution in [0.4, 0.5) is 24.5 Å². The number of alkyl halides is 3. The number of nitrogens with zero attached hydrogens (tertiary/aromatic N) is 2. The van der Waals surface area contributed by atoms with Crippen molar-refractivity contribution in [1.29, 1.82) is 5.26 Å². The number of thiol groups is 1. The molecule has 1 aliphatic heterocycles. The Morgan fingerprint density at radius 1 is 1.28 bits per heavy atom. The molecule has 1 unspecified atom stereocenters. The Morgan fingerprint density at radius 3 is 2.56 bits per heavy atom. The Hall–Kier alpha value is -2.15. The molecule has 0 saturated carbocycles. The Balaban J connectivity index is 1.90. The van der Waals surface area contributed by atoms with Crippen molar-refractivity contribution in [2.75, 3.05) is 36.8 Å². The second kappa shape index (κ2) is 10.2. The number of piperidine rings is 1. The van der Waals surface area contributed by atoms with Crippen LogP contribution in [0.3, 0.4) is 0 Å². The van der Waals surface area contributed by atoms with Crippen LogP contribution in [-0.2, 0) is 6.18 Å². The van der Waals surface area contributed by atoms with Gasteiger partial charge in [-0.15, -0.1) is 12.6 Å². The van der Waals surface area contributed by atoms with Crippen molar-refractivity contribution < 1.29 is 13.2 Å². The number of hydrogen-bond acceptors (Lipinski definition) is 6. The highest BCUT2D eigenvalue weighted by atomic mass is 32.1. The van der Waals surface area contributed by atoms with E-state index in [0.717, 1.165) is 55.9 Å². The van der Waals surface area contributed by atoms with Gasteiger partial charge in [0.15, 0.2) is 0 Å². The van der Waals surface area contributed by atoms with E-state index in [-0.39, 0.29) is 16.9 Å². The molecule has 1 aliphatic carbocycles. The number of rotatable bonds is 6. The summed E-state index contributed by atoms with van der Waals surface area (Å²) in [5.41, 5.74) is 8.30. The van der Waals surface area contributed by atoms with E-state index in [1.165, 1.54) is 0 Å². The molecule has 5 nitrogen and oxygen atoms in total. The number of anilines is 2. The average molecular weight is 466 g/mol. The number of nitrogens with one attached hydrogen (secondary N) is 2. The largest absolute Gasteiger partial charge is 0.416 e. The third-order valence-corrected chi connectivity index (χ3v) is 6.48. The summed E-state index contributed by atoms with van der Waals surface area (Å²) in [7, 11) is 0. The lowest BCUT2D eigenvalue weighted by molar-refractivity contribution is -0.137. The van der Waals surface area contributed by atoms with E-state index in [1.807, 2.05) is 19.9 Å². The standard InChI is InChI=1S/C23H30F3N5S/c1-14-10-19(15(2)9-16(14)13-28)30-22-20(11-17(12-21(22)32)23(24,25)26)29-18-3-6-31(7-4-18)8-5-27/h9,11-12,14,18,29-30,32H,3-8,10,27H2,1-2H3. The quantitative estimate of drug-likeness (QED) is 0.445. The van der Waals surface area contributed by atoms with Gasteiger partial charge in [0.05, 0.1) is 23.0 Å². The number of benzene rings is 1. The van der Waals surface area contributed by atoms with Crippen LogP contribution in [0.15, 0.2) is 39.9 Å². The number of likely N-dealkylation sites (tertiary alicyclic amines) is 1. The van der Waals surface area contributed by atoms with Gasteiger partial charge < -0.3 is 21.3 Å².